The molecule has 1 aromatic carbocycles. The van der Waals surface area contributed by atoms with E-state index in [1.807, 2.05) is 31.2 Å². The van der Waals surface area contributed by atoms with Gasteiger partial charge in [0.25, 0.3) is 5.22 Å². The van der Waals surface area contributed by atoms with Gasteiger partial charge in [0.15, 0.2) is 0 Å². The zero-order chi connectivity index (χ0) is 19.2. The van der Waals surface area contributed by atoms with E-state index >= 15 is 0 Å². The first-order valence-electron chi connectivity index (χ1n) is 9.15. The lowest BCUT2D eigenvalue weighted by Crippen LogP contribution is -2.48. The Morgan fingerprint density at radius 3 is 2.85 bits per heavy atom. The van der Waals surface area contributed by atoms with Gasteiger partial charge in [0.1, 0.15) is 0 Å². The third-order valence-corrected chi connectivity index (χ3v) is 5.50. The molecule has 1 heterocycles. The summed E-state index contributed by atoms with van der Waals surface area (Å²) in [5.74, 6) is 0.484. The maximum atomic E-state index is 12.0. The van der Waals surface area contributed by atoms with Gasteiger partial charge in [0, 0.05) is 11.6 Å². The van der Waals surface area contributed by atoms with Crippen molar-refractivity contribution in [3.63, 3.8) is 0 Å². The molecule has 7 nitrogen and oxygen atoms in total. The molecule has 0 radical (unpaired) electrons. The van der Waals surface area contributed by atoms with Gasteiger partial charge in [-0.3, -0.25) is 10.1 Å². The zero-order valence-corrected chi connectivity index (χ0v) is 16.3. The van der Waals surface area contributed by atoms with Crippen LogP contribution >= 0.6 is 11.8 Å². The Labute approximate surface area is 162 Å². The lowest BCUT2D eigenvalue weighted by molar-refractivity contribution is -0.117. The van der Waals surface area contributed by atoms with Crippen LogP contribution in [0.15, 0.2) is 33.9 Å². The van der Waals surface area contributed by atoms with Crippen LogP contribution in [-0.2, 0) is 4.79 Å². The number of aryl methyl sites for hydroxylation is 1. The quantitative estimate of drug-likeness (QED) is 0.761. The molecule has 0 spiro atoms. The predicted molar refractivity (Wildman–Crippen MR) is 103 cm³/mol. The maximum absolute atomic E-state index is 12.0. The van der Waals surface area contributed by atoms with E-state index in [1.165, 1.54) is 6.42 Å². The second-order valence-corrected chi connectivity index (χ2v) is 7.85. The standard InChI is InChI=1S/C19H24N4O3S/c1-12-6-5-8-14(10-12)17-22-23-19(26-17)27-11-16(24)21-18(25)20-15-9-4-3-7-13(15)2/h5-6,8,10,13,15H,3-4,7,9,11H2,1-2H3,(H2,20,21,24,25)/t13-,15+/m1/s1. The first-order valence-corrected chi connectivity index (χ1v) is 10.1. The highest BCUT2D eigenvalue weighted by atomic mass is 32.2. The Kier molecular flexibility index (Phi) is 6.49. The second-order valence-electron chi connectivity index (χ2n) is 6.92. The van der Waals surface area contributed by atoms with Crippen molar-refractivity contribution in [2.75, 3.05) is 5.75 Å². The van der Waals surface area contributed by atoms with E-state index in [1.54, 1.807) is 0 Å². The molecule has 8 heteroatoms. The number of nitrogens with zero attached hydrogens (tertiary/aromatic N) is 2. The van der Waals surface area contributed by atoms with Gasteiger partial charge >= 0.3 is 6.03 Å². The summed E-state index contributed by atoms with van der Waals surface area (Å²) in [6, 6.07) is 7.43. The molecule has 3 rings (SSSR count). The van der Waals surface area contributed by atoms with Crippen LogP contribution in [0, 0.1) is 12.8 Å². The number of nitrogens with one attached hydrogen (secondary N) is 2. The summed E-state index contributed by atoms with van der Waals surface area (Å²) in [5, 5.41) is 13.5. The lowest BCUT2D eigenvalue weighted by atomic mass is 9.86. The third-order valence-electron chi connectivity index (χ3n) is 4.68. The van der Waals surface area contributed by atoms with Crippen molar-refractivity contribution in [2.24, 2.45) is 5.92 Å². The summed E-state index contributed by atoms with van der Waals surface area (Å²) < 4.78 is 5.58. The predicted octanol–water partition coefficient (Wildman–Crippen LogP) is 3.54. The number of hydrogen-bond acceptors (Lipinski definition) is 6. The highest BCUT2D eigenvalue weighted by Crippen LogP contribution is 2.24. The zero-order valence-electron chi connectivity index (χ0n) is 15.5. The molecule has 2 N–H and O–H groups in total. The van der Waals surface area contributed by atoms with Gasteiger partial charge in [-0.25, -0.2) is 4.79 Å². The number of carbonyl (C=O) groups excluding carboxylic acids is 2. The molecule has 0 unspecified atom stereocenters. The Morgan fingerprint density at radius 2 is 2.07 bits per heavy atom. The highest BCUT2D eigenvalue weighted by molar-refractivity contribution is 7.99. The van der Waals surface area contributed by atoms with Crippen molar-refractivity contribution in [3.05, 3.63) is 29.8 Å². The highest BCUT2D eigenvalue weighted by Gasteiger charge is 2.23. The van der Waals surface area contributed by atoms with Gasteiger partial charge in [0.05, 0.1) is 5.75 Å². The lowest BCUT2D eigenvalue weighted by Gasteiger charge is -2.29. The van der Waals surface area contributed by atoms with Crippen molar-refractivity contribution < 1.29 is 14.0 Å². The summed E-state index contributed by atoms with van der Waals surface area (Å²) in [6.07, 6.45) is 4.38. The molecule has 1 aliphatic carbocycles. The summed E-state index contributed by atoms with van der Waals surface area (Å²) in [5.41, 5.74) is 1.93. The number of benzene rings is 1. The van der Waals surface area contributed by atoms with E-state index in [0.29, 0.717) is 17.0 Å². The van der Waals surface area contributed by atoms with E-state index < -0.39 is 11.9 Å². The largest absolute Gasteiger partial charge is 0.411 e. The van der Waals surface area contributed by atoms with Gasteiger partial charge in [0.2, 0.25) is 11.8 Å². The molecule has 0 saturated heterocycles. The number of carbonyl (C=O) groups is 2. The van der Waals surface area contributed by atoms with Crippen LogP contribution in [-0.4, -0.2) is 33.9 Å². The Hall–Kier alpha value is -2.35. The van der Waals surface area contributed by atoms with Crippen molar-refractivity contribution >= 4 is 23.7 Å². The molecule has 1 fully saturated rings. The summed E-state index contributed by atoms with van der Waals surface area (Å²) in [7, 11) is 0. The monoisotopic (exact) mass is 388 g/mol. The van der Waals surface area contributed by atoms with Crippen molar-refractivity contribution in [1.29, 1.82) is 0 Å². The van der Waals surface area contributed by atoms with Crippen LogP contribution in [0.25, 0.3) is 11.5 Å². The molecular weight excluding hydrogens is 364 g/mol. The van der Waals surface area contributed by atoms with Crippen LogP contribution in [0.3, 0.4) is 0 Å². The molecule has 1 saturated carbocycles. The van der Waals surface area contributed by atoms with Crippen molar-refractivity contribution in [2.45, 2.75) is 50.8 Å². The SMILES string of the molecule is Cc1cccc(-c2nnc(SCC(=O)NC(=O)N[C@H]3CCCC[C@H]3C)o2)c1. The smallest absolute Gasteiger partial charge is 0.321 e. The van der Waals surface area contributed by atoms with Crippen LogP contribution in [0.5, 0.6) is 0 Å². The molecule has 1 aliphatic rings. The van der Waals surface area contributed by atoms with Crippen LogP contribution in [0.4, 0.5) is 4.79 Å². The van der Waals surface area contributed by atoms with Gasteiger partial charge in [-0.05, 0) is 37.8 Å². The average Bonchev–Trinajstić information content (AvgIpc) is 3.11. The van der Waals surface area contributed by atoms with Gasteiger partial charge in [-0.2, -0.15) is 0 Å². The fourth-order valence-corrected chi connectivity index (χ4v) is 3.75. The molecule has 144 valence electrons. The Bertz CT molecular complexity index is 808. The number of aromatic nitrogens is 2. The maximum Gasteiger partial charge on any atom is 0.321 e. The normalized spacial score (nSPS) is 19.5. The topological polar surface area (TPSA) is 97.1 Å². The van der Waals surface area contributed by atoms with E-state index in [9.17, 15) is 9.59 Å². The van der Waals surface area contributed by atoms with E-state index in [-0.39, 0.29) is 11.8 Å². The molecule has 27 heavy (non-hydrogen) atoms. The molecule has 0 aliphatic heterocycles. The third kappa shape index (κ3) is 5.56. The molecule has 3 amide bonds. The number of thioether (sulfide) groups is 1. The summed E-state index contributed by atoms with van der Waals surface area (Å²) in [6.45, 7) is 4.11. The minimum atomic E-state index is -0.440. The van der Waals surface area contributed by atoms with Gasteiger partial charge in [-0.1, -0.05) is 49.2 Å². The summed E-state index contributed by atoms with van der Waals surface area (Å²) in [4.78, 5) is 24.0. The Morgan fingerprint density at radius 1 is 1.26 bits per heavy atom. The molecule has 2 aromatic rings. The molecule has 2 atom stereocenters. The molecule has 0 bridgehead atoms. The van der Waals surface area contributed by atoms with Crippen LogP contribution in [0.1, 0.15) is 38.2 Å². The number of hydrogen-bond donors (Lipinski definition) is 2. The van der Waals surface area contributed by atoms with Crippen molar-refractivity contribution in [1.82, 2.24) is 20.8 Å². The van der Waals surface area contributed by atoms with Gasteiger partial charge in [-0.15, -0.1) is 10.2 Å². The van der Waals surface area contributed by atoms with Gasteiger partial charge < -0.3 is 9.73 Å². The number of rotatable bonds is 5. The fraction of sp³-hybridized carbons (Fsp3) is 0.474. The second kappa shape index (κ2) is 9.03. The number of imide groups is 1. The first-order chi connectivity index (χ1) is 13.0. The fourth-order valence-electron chi connectivity index (χ4n) is 3.19. The number of amides is 3. The minimum Gasteiger partial charge on any atom is -0.411 e. The average molecular weight is 388 g/mol. The van der Waals surface area contributed by atoms with E-state index in [2.05, 4.69) is 27.8 Å². The molecular formula is C19H24N4O3S. The van der Waals surface area contributed by atoms with E-state index in [0.717, 1.165) is 42.2 Å². The first kappa shape index (κ1) is 19.4. The van der Waals surface area contributed by atoms with Crippen molar-refractivity contribution in [3.8, 4) is 11.5 Å². The Balaban J connectivity index is 1.46. The molecule has 1 aromatic heterocycles. The van der Waals surface area contributed by atoms with Crippen LogP contribution < -0.4 is 10.6 Å². The van der Waals surface area contributed by atoms with E-state index in [4.69, 9.17) is 4.42 Å². The van der Waals surface area contributed by atoms with Crippen LogP contribution in [0.2, 0.25) is 0 Å². The number of urea groups is 1. The minimum absolute atomic E-state index is 0.0308. The summed E-state index contributed by atoms with van der Waals surface area (Å²) >= 11 is 1.10.